The van der Waals surface area contributed by atoms with Crippen LogP contribution in [0, 0.1) is 12.3 Å². The third kappa shape index (κ3) is 2.64. The summed E-state index contributed by atoms with van der Waals surface area (Å²) in [6.07, 6.45) is 5.29. The van der Waals surface area contributed by atoms with Crippen molar-refractivity contribution in [1.82, 2.24) is 5.32 Å². The quantitative estimate of drug-likeness (QED) is 0.674. The number of rotatable bonds is 2. The van der Waals surface area contributed by atoms with E-state index in [9.17, 15) is 4.79 Å². The lowest BCUT2D eigenvalue weighted by Crippen LogP contribution is -2.24. The van der Waals surface area contributed by atoms with Gasteiger partial charge in [-0.2, -0.15) is 0 Å². The minimum atomic E-state index is -0.321. The maximum atomic E-state index is 10.8. The van der Waals surface area contributed by atoms with Crippen LogP contribution in [-0.4, -0.2) is 5.91 Å². The fourth-order valence-electron chi connectivity index (χ4n) is 1.07. The molecular weight excluding hydrogens is 162 g/mol. The van der Waals surface area contributed by atoms with Crippen molar-refractivity contribution in [2.75, 3.05) is 0 Å². The third-order valence-electron chi connectivity index (χ3n) is 1.65. The van der Waals surface area contributed by atoms with Crippen molar-refractivity contribution in [2.24, 2.45) is 0 Å². The molecule has 0 radical (unpaired) electrons. The van der Waals surface area contributed by atoms with E-state index in [1.807, 2.05) is 30.3 Å². The summed E-state index contributed by atoms with van der Waals surface area (Å²) in [5, 5.41) is 2.67. The van der Waals surface area contributed by atoms with Crippen LogP contribution in [0.25, 0.3) is 0 Å². The van der Waals surface area contributed by atoms with Gasteiger partial charge in [-0.1, -0.05) is 36.3 Å². The van der Waals surface area contributed by atoms with Gasteiger partial charge in [-0.25, -0.2) is 0 Å². The van der Waals surface area contributed by atoms with Gasteiger partial charge in [0.2, 0.25) is 5.91 Å². The van der Waals surface area contributed by atoms with Crippen molar-refractivity contribution < 1.29 is 4.79 Å². The van der Waals surface area contributed by atoms with E-state index in [2.05, 4.69) is 11.2 Å². The van der Waals surface area contributed by atoms with Crippen molar-refractivity contribution >= 4 is 5.91 Å². The molecule has 0 saturated heterocycles. The molecule has 1 aromatic carbocycles. The third-order valence-corrected chi connectivity index (χ3v) is 1.65. The highest BCUT2D eigenvalue weighted by Crippen LogP contribution is 2.10. The highest BCUT2D eigenvalue weighted by Gasteiger charge is 2.07. The van der Waals surface area contributed by atoms with Crippen LogP contribution < -0.4 is 5.32 Å². The molecule has 0 aliphatic rings. The standard InChI is InChI=1S/C11H11NO/c1-3-11(12-9(2)13)10-7-5-4-6-8-10/h1,4-8,11H,2H3,(H,12,13)/t11-/m0/s1. The molecule has 0 saturated carbocycles. The van der Waals surface area contributed by atoms with Crippen LogP contribution in [0.2, 0.25) is 0 Å². The second-order valence-corrected chi connectivity index (χ2v) is 2.71. The smallest absolute Gasteiger partial charge is 0.218 e. The lowest BCUT2D eigenvalue weighted by atomic mass is 10.1. The van der Waals surface area contributed by atoms with Crippen molar-refractivity contribution in [2.45, 2.75) is 13.0 Å². The topological polar surface area (TPSA) is 29.1 Å². The number of hydrogen-bond acceptors (Lipinski definition) is 1. The van der Waals surface area contributed by atoms with E-state index in [4.69, 9.17) is 6.42 Å². The Morgan fingerprint density at radius 1 is 1.46 bits per heavy atom. The first kappa shape index (κ1) is 9.34. The minimum absolute atomic E-state index is 0.119. The van der Waals surface area contributed by atoms with Crippen LogP contribution in [0.5, 0.6) is 0 Å². The van der Waals surface area contributed by atoms with Gasteiger partial charge in [0.15, 0.2) is 0 Å². The Bertz CT molecular complexity index is 324. The van der Waals surface area contributed by atoms with E-state index < -0.39 is 0 Å². The van der Waals surface area contributed by atoms with E-state index in [0.717, 1.165) is 5.56 Å². The maximum absolute atomic E-state index is 10.8. The summed E-state index contributed by atoms with van der Waals surface area (Å²) in [5.74, 6) is 2.40. The van der Waals surface area contributed by atoms with Gasteiger partial charge in [0.05, 0.1) is 0 Å². The number of carbonyl (C=O) groups excluding carboxylic acids is 1. The fourth-order valence-corrected chi connectivity index (χ4v) is 1.07. The number of terminal acetylenes is 1. The van der Waals surface area contributed by atoms with Crippen LogP contribution in [-0.2, 0) is 4.79 Å². The number of carbonyl (C=O) groups is 1. The van der Waals surface area contributed by atoms with Crippen LogP contribution in [0.1, 0.15) is 18.5 Å². The first-order chi connectivity index (χ1) is 6.24. The Morgan fingerprint density at radius 3 is 2.54 bits per heavy atom. The van der Waals surface area contributed by atoms with Crippen molar-refractivity contribution in [1.29, 1.82) is 0 Å². The minimum Gasteiger partial charge on any atom is -0.339 e. The normalized spacial score (nSPS) is 11.4. The molecule has 1 N–H and O–H groups in total. The summed E-state index contributed by atoms with van der Waals surface area (Å²) in [7, 11) is 0. The molecule has 1 atom stereocenters. The van der Waals surface area contributed by atoms with Gasteiger partial charge < -0.3 is 5.32 Å². The SMILES string of the molecule is C#C[C@H](NC(C)=O)c1ccccc1. The van der Waals surface area contributed by atoms with Gasteiger partial charge >= 0.3 is 0 Å². The summed E-state index contributed by atoms with van der Waals surface area (Å²) in [6, 6.07) is 9.15. The average Bonchev–Trinajstić information content (AvgIpc) is 2.15. The van der Waals surface area contributed by atoms with E-state index in [1.165, 1.54) is 6.92 Å². The molecule has 66 valence electrons. The molecule has 1 amide bonds. The number of hydrogen-bond donors (Lipinski definition) is 1. The number of nitrogens with one attached hydrogen (secondary N) is 1. The molecular formula is C11H11NO. The zero-order valence-electron chi connectivity index (χ0n) is 7.45. The molecule has 1 rings (SSSR count). The van der Waals surface area contributed by atoms with Crippen molar-refractivity contribution in [3.8, 4) is 12.3 Å². The molecule has 2 nitrogen and oxygen atoms in total. The van der Waals surface area contributed by atoms with Gasteiger partial charge in [0.25, 0.3) is 0 Å². The molecule has 1 aromatic rings. The Kier molecular flexibility index (Phi) is 3.10. The fraction of sp³-hybridized carbons (Fsp3) is 0.182. The predicted octanol–water partition coefficient (Wildman–Crippen LogP) is 1.50. The van der Waals surface area contributed by atoms with E-state index in [-0.39, 0.29) is 11.9 Å². The van der Waals surface area contributed by atoms with Gasteiger partial charge in [-0.05, 0) is 5.56 Å². The molecule has 0 heterocycles. The monoisotopic (exact) mass is 173 g/mol. The molecule has 0 fully saturated rings. The first-order valence-electron chi connectivity index (χ1n) is 4.02. The molecule has 0 aliphatic heterocycles. The highest BCUT2D eigenvalue weighted by atomic mass is 16.1. The lowest BCUT2D eigenvalue weighted by Gasteiger charge is -2.11. The van der Waals surface area contributed by atoms with Crippen LogP contribution in [0.4, 0.5) is 0 Å². The predicted molar refractivity (Wildman–Crippen MR) is 51.8 cm³/mol. The average molecular weight is 173 g/mol. The highest BCUT2D eigenvalue weighted by molar-refractivity contribution is 5.74. The second kappa shape index (κ2) is 4.32. The van der Waals surface area contributed by atoms with E-state index >= 15 is 0 Å². The molecule has 13 heavy (non-hydrogen) atoms. The second-order valence-electron chi connectivity index (χ2n) is 2.71. The summed E-state index contributed by atoms with van der Waals surface area (Å²) < 4.78 is 0. The van der Waals surface area contributed by atoms with E-state index in [1.54, 1.807) is 0 Å². The summed E-state index contributed by atoms with van der Waals surface area (Å²) in [5.41, 5.74) is 0.931. The van der Waals surface area contributed by atoms with Crippen LogP contribution in [0.3, 0.4) is 0 Å². The molecule has 0 aromatic heterocycles. The van der Waals surface area contributed by atoms with Gasteiger partial charge in [0.1, 0.15) is 6.04 Å². The Morgan fingerprint density at radius 2 is 2.08 bits per heavy atom. The molecule has 0 spiro atoms. The molecule has 0 aliphatic carbocycles. The Labute approximate surface area is 78.0 Å². The van der Waals surface area contributed by atoms with Crippen molar-refractivity contribution in [3.63, 3.8) is 0 Å². The Hall–Kier alpha value is -1.75. The van der Waals surface area contributed by atoms with Gasteiger partial charge in [-0.3, -0.25) is 4.79 Å². The Balaban J connectivity index is 2.80. The van der Waals surface area contributed by atoms with Crippen LogP contribution in [0.15, 0.2) is 30.3 Å². The number of amides is 1. The largest absolute Gasteiger partial charge is 0.339 e. The zero-order chi connectivity index (χ0) is 9.68. The summed E-state index contributed by atoms with van der Waals surface area (Å²) in [6.45, 7) is 1.45. The lowest BCUT2D eigenvalue weighted by molar-refractivity contribution is -0.119. The van der Waals surface area contributed by atoms with Gasteiger partial charge in [0, 0.05) is 6.92 Å². The van der Waals surface area contributed by atoms with Crippen LogP contribution >= 0.6 is 0 Å². The molecule has 0 bridgehead atoms. The molecule has 0 unspecified atom stereocenters. The zero-order valence-corrected chi connectivity index (χ0v) is 7.45. The summed E-state index contributed by atoms with van der Waals surface area (Å²) >= 11 is 0. The summed E-state index contributed by atoms with van der Waals surface area (Å²) in [4.78, 5) is 10.8. The van der Waals surface area contributed by atoms with E-state index in [0.29, 0.717) is 0 Å². The number of benzene rings is 1. The van der Waals surface area contributed by atoms with Crippen molar-refractivity contribution in [3.05, 3.63) is 35.9 Å². The maximum Gasteiger partial charge on any atom is 0.218 e. The van der Waals surface area contributed by atoms with Gasteiger partial charge in [-0.15, -0.1) is 6.42 Å². The first-order valence-corrected chi connectivity index (χ1v) is 4.02. The molecule has 2 heteroatoms.